The molecule has 0 spiro atoms. The fraction of sp³-hybridized carbons (Fsp3) is 0.522. The van der Waals surface area contributed by atoms with Gasteiger partial charge in [-0.3, -0.25) is 23.7 Å². The molecular weight excluding hydrogens is 493 g/mol. The number of aromatic nitrogens is 2. The Morgan fingerprint density at radius 3 is 2.50 bits per heavy atom. The first-order valence-corrected chi connectivity index (χ1v) is 13.0. The van der Waals surface area contributed by atoms with Gasteiger partial charge in [0.05, 0.1) is 18.8 Å². The lowest BCUT2D eigenvalue weighted by molar-refractivity contribution is -0.149. The summed E-state index contributed by atoms with van der Waals surface area (Å²) in [5.74, 6) is -0.426. The minimum Gasteiger partial charge on any atom is -0.462 e. The molecule has 1 aliphatic heterocycles. The van der Waals surface area contributed by atoms with Crippen molar-refractivity contribution in [1.82, 2.24) is 14.6 Å². The Labute approximate surface area is 208 Å². The van der Waals surface area contributed by atoms with Crippen LogP contribution in [0.1, 0.15) is 40.8 Å². The highest BCUT2D eigenvalue weighted by atomic mass is 31.2. The van der Waals surface area contributed by atoms with Gasteiger partial charge in [0, 0.05) is 17.7 Å². The number of aromatic amines is 1. The number of aliphatic hydroxyl groups excluding tert-OH is 1. The SMILES string of the molecule is CC(C)OC(=O)[C@@H](C)N[P@@](=O)(OC[C@H]1O[C@@H](n2ccc(=O)[nH]c2=O)C(C)(C)[C@@H]1O)Oc1ccccc1. The van der Waals surface area contributed by atoms with Crippen molar-refractivity contribution in [2.24, 2.45) is 5.41 Å². The van der Waals surface area contributed by atoms with E-state index in [1.165, 1.54) is 19.2 Å². The minimum atomic E-state index is -4.18. The number of rotatable bonds is 10. The molecular formula is C23H32N3O9P. The highest BCUT2D eigenvalue weighted by Crippen LogP contribution is 2.48. The van der Waals surface area contributed by atoms with Crippen LogP contribution < -0.4 is 20.9 Å². The second-order valence-electron chi connectivity index (χ2n) is 9.34. The summed E-state index contributed by atoms with van der Waals surface area (Å²) in [6.45, 7) is 7.79. The van der Waals surface area contributed by atoms with E-state index < -0.39 is 61.5 Å². The van der Waals surface area contributed by atoms with E-state index in [0.717, 1.165) is 4.57 Å². The van der Waals surface area contributed by atoms with Crippen molar-refractivity contribution in [2.75, 3.05) is 6.61 Å². The predicted molar refractivity (Wildman–Crippen MR) is 129 cm³/mol. The van der Waals surface area contributed by atoms with Crippen molar-refractivity contribution in [1.29, 1.82) is 0 Å². The van der Waals surface area contributed by atoms with Crippen molar-refractivity contribution in [2.45, 2.75) is 65.2 Å². The molecule has 1 aromatic carbocycles. The minimum absolute atomic E-state index is 0.226. The molecule has 0 saturated carbocycles. The van der Waals surface area contributed by atoms with Gasteiger partial charge in [0.15, 0.2) is 0 Å². The lowest BCUT2D eigenvalue weighted by atomic mass is 9.84. The van der Waals surface area contributed by atoms with E-state index in [2.05, 4.69) is 10.1 Å². The Morgan fingerprint density at radius 1 is 1.22 bits per heavy atom. The molecule has 1 saturated heterocycles. The van der Waals surface area contributed by atoms with Crippen LogP contribution in [0.2, 0.25) is 0 Å². The highest BCUT2D eigenvalue weighted by Gasteiger charge is 2.52. The molecule has 198 valence electrons. The molecule has 0 bridgehead atoms. The second-order valence-corrected chi connectivity index (χ2v) is 11.0. The molecule has 2 heterocycles. The number of nitrogens with zero attached hydrogens (tertiary/aromatic N) is 1. The first kappa shape index (κ1) is 27.8. The summed E-state index contributed by atoms with van der Waals surface area (Å²) in [6.07, 6.45) is -2.22. The summed E-state index contributed by atoms with van der Waals surface area (Å²) in [5.41, 5.74) is -2.25. The van der Waals surface area contributed by atoms with Gasteiger partial charge in [-0.25, -0.2) is 9.36 Å². The number of nitrogens with one attached hydrogen (secondary N) is 2. The van der Waals surface area contributed by atoms with Gasteiger partial charge in [0.1, 0.15) is 24.1 Å². The molecule has 12 nitrogen and oxygen atoms in total. The first-order valence-electron chi connectivity index (χ1n) is 11.4. The van der Waals surface area contributed by atoms with Crippen molar-refractivity contribution in [3.05, 3.63) is 63.4 Å². The molecule has 5 atom stereocenters. The zero-order chi connectivity index (χ0) is 26.7. The lowest BCUT2D eigenvalue weighted by Crippen LogP contribution is -2.40. The third-order valence-corrected chi connectivity index (χ3v) is 7.24. The zero-order valence-electron chi connectivity index (χ0n) is 20.7. The van der Waals surface area contributed by atoms with Crippen LogP contribution in [0.5, 0.6) is 5.75 Å². The van der Waals surface area contributed by atoms with E-state index >= 15 is 0 Å². The van der Waals surface area contributed by atoms with Gasteiger partial charge in [-0.1, -0.05) is 32.0 Å². The summed E-state index contributed by atoms with van der Waals surface area (Å²) in [4.78, 5) is 38.2. The molecule has 1 aliphatic rings. The van der Waals surface area contributed by atoms with Crippen LogP contribution >= 0.6 is 7.75 Å². The van der Waals surface area contributed by atoms with Crippen LogP contribution in [0.4, 0.5) is 0 Å². The Morgan fingerprint density at radius 2 is 1.89 bits per heavy atom. The maximum Gasteiger partial charge on any atom is 0.459 e. The van der Waals surface area contributed by atoms with Crippen molar-refractivity contribution >= 4 is 13.7 Å². The van der Waals surface area contributed by atoms with Crippen molar-refractivity contribution in [3.63, 3.8) is 0 Å². The number of H-pyrrole nitrogens is 1. The number of hydrogen-bond acceptors (Lipinski definition) is 9. The average Bonchev–Trinajstić information content (AvgIpc) is 3.01. The Hall–Kier alpha value is -2.76. The molecule has 3 N–H and O–H groups in total. The molecule has 1 fully saturated rings. The number of aliphatic hydroxyl groups is 1. The van der Waals surface area contributed by atoms with Crippen LogP contribution in [-0.4, -0.2) is 51.6 Å². The standard InChI is InChI=1S/C23H32N3O9P/c1-14(2)33-20(29)15(3)25-36(31,35-16-9-7-6-8-10-16)32-13-17-19(28)23(4,5)21(34-17)26-12-11-18(27)24-22(26)30/h6-12,14-15,17,19,21,28H,13H2,1-5H3,(H,25,31)(H,24,27,30)/t15-,17-,19-,21-,36-/m1/s1. The number of hydrogen-bond donors (Lipinski definition) is 3. The maximum absolute atomic E-state index is 13.7. The molecule has 0 unspecified atom stereocenters. The van der Waals surface area contributed by atoms with E-state index in [-0.39, 0.29) is 11.9 Å². The van der Waals surface area contributed by atoms with Crippen molar-refractivity contribution in [3.8, 4) is 5.75 Å². The zero-order valence-corrected chi connectivity index (χ0v) is 21.6. The van der Waals surface area contributed by atoms with Gasteiger partial charge >= 0.3 is 19.4 Å². The summed E-state index contributed by atoms with van der Waals surface area (Å²) >= 11 is 0. The van der Waals surface area contributed by atoms with Gasteiger partial charge in [0.25, 0.3) is 5.56 Å². The van der Waals surface area contributed by atoms with E-state index in [1.54, 1.807) is 58.0 Å². The monoisotopic (exact) mass is 525 g/mol. The van der Waals surface area contributed by atoms with Crippen LogP contribution in [0.15, 0.2) is 52.2 Å². The number of carbonyl (C=O) groups excluding carboxylic acids is 1. The number of benzene rings is 1. The second kappa shape index (κ2) is 11.1. The first-order chi connectivity index (χ1) is 16.8. The van der Waals surface area contributed by atoms with E-state index in [9.17, 15) is 24.1 Å². The van der Waals surface area contributed by atoms with Gasteiger partial charge in [-0.15, -0.1) is 0 Å². The van der Waals surface area contributed by atoms with Crippen LogP contribution in [0.3, 0.4) is 0 Å². The summed E-state index contributed by atoms with van der Waals surface area (Å²) in [7, 11) is -4.18. The van der Waals surface area contributed by atoms with Crippen LogP contribution in [-0.2, 0) is 23.4 Å². The predicted octanol–water partition coefficient (Wildman–Crippen LogP) is 1.95. The normalized spacial score (nSPS) is 23.7. The lowest BCUT2D eigenvalue weighted by Gasteiger charge is -2.29. The van der Waals surface area contributed by atoms with E-state index in [1.807, 2.05) is 0 Å². The van der Waals surface area contributed by atoms with Crippen LogP contribution in [0, 0.1) is 5.41 Å². The summed E-state index contributed by atoms with van der Waals surface area (Å²) in [5, 5.41) is 13.5. The van der Waals surface area contributed by atoms with E-state index in [4.69, 9.17) is 18.5 Å². The smallest absolute Gasteiger partial charge is 0.459 e. The number of ether oxygens (including phenoxy) is 2. The maximum atomic E-state index is 13.7. The number of carbonyl (C=O) groups is 1. The molecule has 1 aromatic heterocycles. The van der Waals surface area contributed by atoms with E-state index in [0.29, 0.717) is 0 Å². The largest absolute Gasteiger partial charge is 0.462 e. The average molecular weight is 525 g/mol. The number of esters is 1. The molecule has 0 aliphatic carbocycles. The Bertz CT molecular complexity index is 1210. The fourth-order valence-corrected chi connectivity index (χ4v) is 5.22. The topological polar surface area (TPSA) is 158 Å². The molecule has 2 aromatic rings. The highest BCUT2D eigenvalue weighted by molar-refractivity contribution is 7.52. The van der Waals surface area contributed by atoms with Gasteiger partial charge in [-0.2, -0.15) is 5.09 Å². The Balaban J connectivity index is 1.80. The molecule has 0 amide bonds. The molecule has 36 heavy (non-hydrogen) atoms. The summed E-state index contributed by atoms with van der Waals surface area (Å²) < 4.78 is 37.1. The third-order valence-electron chi connectivity index (χ3n) is 5.59. The number of para-hydroxylation sites is 1. The molecule has 0 radical (unpaired) electrons. The van der Waals surface area contributed by atoms with Gasteiger partial charge < -0.3 is 19.1 Å². The fourth-order valence-electron chi connectivity index (χ4n) is 3.71. The third kappa shape index (κ3) is 6.51. The molecule has 13 heteroatoms. The summed E-state index contributed by atoms with van der Waals surface area (Å²) in [6, 6.07) is 8.36. The Kier molecular flexibility index (Phi) is 8.58. The van der Waals surface area contributed by atoms with Crippen molar-refractivity contribution < 1.29 is 33.0 Å². The van der Waals surface area contributed by atoms with Crippen LogP contribution in [0.25, 0.3) is 0 Å². The molecule has 3 rings (SSSR count). The van der Waals surface area contributed by atoms with Gasteiger partial charge in [-0.05, 0) is 32.9 Å². The quantitative estimate of drug-likeness (QED) is 0.309. The van der Waals surface area contributed by atoms with Gasteiger partial charge in [0.2, 0.25) is 0 Å².